The first-order valence-corrected chi connectivity index (χ1v) is 9.62. The fraction of sp³-hybridized carbons (Fsp3) is 0.227. The number of benzene rings is 2. The highest BCUT2D eigenvalue weighted by Gasteiger charge is 2.22. The number of para-hydroxylation sites is 1. The summed E-state index contributed by atoms with van der Waals surface area (Å²) in [4.78, 5) is 31.8. The summed E-state index contributed by atoms with van der Waals surface area (Å²) in [6.45, 7) is 3.78. The zero-order chi connectivity index (χ0) is 21.3. The minimum Gasteiger partial charge on any atom is -0.478 e. The molecule has 7 nitrogen and oxygen atoms in total. The summed E-state index contributed by atoms with van der Waals surface area (Å²) in [7, 11) is 0. The Kier molecular flexibility index (Phi) is 5.22. The van der Waals surface area contributed by atoms with Crippen LogP contribution in [0.3, 0.4) is 0 Å². The monoisotopic (exact) mass is 408 g/mol. The molecule has 0 spiro atoms. The lowest BCUT2D eigenvalue weighted by Gasteiger charge is -2.37. The molecule has 8 heteroatoms. The predicted octanol–water partition coefficient (Wildman–Crippen LogP) is 3.36. The fourth-order valence-corrected chi connectivity index (χ4v) is 3.72. The van der Waals surface area contributed by atoms with Crippen molar-refractivity contribution in [3.05, 3.63) is 59.9 Å². The van der Waals surface area contributed by atoms with Gasteiger partial charge in [0.1, 0.15) is 11.6 Å². The third-order valence-corrected chi connectivity index (χ3v) is 5.14. The second kappa shape index (κ2) is 7.98. The van der Waals surface area contributed by atoms with Crippen molar-refractivity contribution in [1.29, 1.82) is 0 Å². The molecule has 1 aliphatic rings. The number of carbonyl (C=O) groups excluding carboxylic acids is 1. The van der Waals surface area contributed by atoms with Crippen LogP contribution >= 0.6 is 0 Å². The Labute approximate surface area is 172 Å². The summed E-state index contributed by atoms with van der Waals surface area (Å²) in [5, 5.41) is 12.8. The number of carboxylic acids is 1. The van der Waals surface area contributed by atoms with Crippen LogP contribution in [0.15, 0.2) is 48.5 Å². The summed E-state index contributed by atoms with van der Waals surface area (Å²) < 4.78 is 14.1. The first-order chi connectivity index (χ1) is 14.4. The number of hydrogen-bond donors (Lipinski definition) is 2. The first kappa shape index (κ1) is 19.6. The molecule has 0 saturated carbocycles. The van der Waals surface area contributed by atoms with E-state index in [0.717, 1.165) is 0 Å². The summed E-state index contributed by atoms with van der Waals surface area (Å²) in [6, 6.07) is 13.3. The van der Waals surface area contributed by atoms with Crippen LogP contribution in [0.4, 0.5) is 21.6 Å². The topological polar surface area (TPSA) is 85.8 Å². The van der Waals surface area contributed by atoms with Crippen LogP contribution in [0, 0.1) is 5.82 Å². The molecule has 3 aromatic rings. The molecule has 0 unspecified atom stereocenters. The van der Waals surface area contributed by atoms with Crippen molar-refractivity contribution in [2.45, 2.75) is 6.92 Å². The Morgan fingerprint density at radius 1 is 1.03 bits per heavy atom. The van der Waals surface area contributed by atoms with Gasteiger partial charge in [-0.2, -0.15) is 0 Å². The minimum atomic E-state index is -1.06. The maximum atomic E-state index is 14.1. The van der Waals surface area contributed by atoms with Crippen LogP contribution in [0.1, 0.15) is 17.3 Å². The van der Waals surface area contributed by atoms with E-state index in [9.17, 15) is 19.1 Å². The molecule has 1 aliphatic heterocycles. The van der Waals surface area contributed by atoms with Crippen LogP contribution in [-0.4, -0.2) is 48.1 Å². The lowest BCUT2D eigenvalue weighted by atomic mass is 10.1. The molecule has 0 atom stereocenters. The Hall–Kier alpha value is -3.68. The highest BCUT2D eigenvalue weighted by atomic mass is 19.1. The van der Waals surface area contributed by atoms with E-state index in [1.165, 1.54) is 13.0 Å². The number of piperazine rings is 1. The summed E-state index contributed by atoms with van der Waals surface area (Å²) in [6.07, 6.45) is 0. The van der Waals surface area contributed by atoms with Gasteiger partial charge in [-0.1, -0.05) is 12.1 Å². The molecule has 2 N–H and O–H groups in total. The molecule has 2 heterocycles. The van der Waals surface area contributed by atoms with Crippen LogP contribution < -0.4 is 15.1 Å². The number of anilines is 3. The van der Waals surface area contributed by atoms with Crippen molar-refractivity contribution in [2.24, 2.45) is 0 Å². The Balaban J connectivity index is 1.61. The van der Waals surface area contributed by atoms with Crippen LogP contribution in [0.2, 0.25) is 0 Å². The number of carbonyl (C=O) groups is 2. The summed E-state index contributed by atoms with van der Waals surface area (Å²) in [5.41, 5.74) is 1.75. The van der Waals surface area contributed by atoms with Gasteiger partial charge in [0.2, 0.25) is 5.91 Å². The molecule has 1 saturated heterocycles. The fourth-order valence-electron chi connectivity index (χ4n) is 3.72. The predicted molar refractivity (Wildman–Crippen MR) is 114 cm³/mol. The Bertz CT molecular complexity index is 1130. The van der Waals surface area contributed by atoms with Gasteiger partial charge in [0.15, 0.2) is 0 Å². The molecule has 1 amide bonds. The second-order valence-corrected chi connectivity index (χ2v) is 7.17. The van der Waals surface area contributed by atoms with Gasteiger partial charge in [0.25, 0.3) is 0 Å². The van der Waals surface area contributed by atoms with E-state index in [1.54, 1.807) is 36.4 Å². The van der Waals surface area contributed by atoms with E-state index in [-0.39, 0.29) is 17.3 Å². The van der Waals surface area contributed by atoms with E-state index < -0.39 is 5.97 Å². The Morgan fingerprint density at radius 3 is 2.40 bits per heavy atom. The zero-order valence-electron chi connectivity index (χ0n) is 16.4. The maximum Gasteiger partial charge on any atom is 0.336 e. The molecule has 2 aromatic carbocycles. The highest BCUT2D eigenvalue weighted by molar-refractivity contribution is 6.05. The van der Waals surface area contributed by atoms with Crippen molar-refractivity contribution < 1.29 is 19.1 Å². The largest absolute Gasteiger partial charge is 0.478 e. The Morgan fingerprint density at radius 2 is 1.73 bits per heavy atom. The maximum absolute atomic E-state index is 14.1. The molecule has 30 heavy (non-hydrogen) atoms. The second-order valence-electron chi connectivity index (χ2n) is 7.17. The van der Waals surface area contributed by atoms with Gasteiger partial charge in [0, 0.05) is 44.2 Å². The molecular formula is C22H21FN4O3. The number of carboxylic acid groups (broad SMARTS) is 1. The van der Waals surface area contributed by atoms with E-state index in [1.807, 2.05) is 15.9 Å². The number of halogens is 1. The molecule has 0 aliphatic carbocycles. The summed E-state index contributed by atoms with van der Waals surface area (Å²) >= 11 is 0. The zero-order valence-corrected chi connectivity index (χ0v) is 16.4. The first-order valence-electron chi connectivity index (χ1n) is 9.62. The van der Waals surface area contributed by atoms with Gasteiger partial charge in [-0.15, -0.1) is 0 Å². The van der Waals surface area contributed by atoms with Gasteiger partial charge < -0.3 is 20.2 Å². The molecule has 1 fully saturated rings. The van der Waals surface area contributed by atoms with E-state index in [0.29, 0.717) is 54.3 Å². The quantitative estimate of drug-likeness (QED) is 0.689. The number of aromatic carboxylic acids is 1. The van der Waals surface area contributed by atoms with Crippen LogP contribution in [0.25, 0.3) is 10.9 Å². The van der Waals surface area contributed by atoms with Gasteiger partial charge in [-0.05, 0) is 36.4 Å². The van der Waals surface area contributed by atoms with Gasteiger partial charge in [0.05, 0.1) is 16.8 Å². The average molecular weight is 408 g/mol. The van der Waals surface area contributed by atoms with E-state index in [4.69, 9.17) is 0 Å². The van der Waals surface area contributed by atoms with Crippen molar-refractivity contribution in [2.75, 3.05) is 41.3 Å². The molecule has 0 bridgehead atoms. The van der Waals surface area contributed by atoms with Gasteiger partial charge in [-0.25, -0.2) is 14.2 Å². The average Bonchev–Trinajstić information content (AvgIpc) is 2.73. The van der Waals surface area contributed by atoms with Crippen LogP contribution in [0.5, 0.6) is 0 Å². The highest BCUT2D eigenvalue weighted by Crippen LogP contribution is 2.28. The number of amides is 1. The van der Waals surface area contributed by atoms with Gasteiger partial charge in [-0.3, -0.25) is 4.79 Å². The number of hydrogen-bond acceptors (Lipinski definition) is 5. The number of fused-ring (bicyclic) bond motifs is 1. The SMILES string of the molecule is CC(=O)Nc1ccc2nc(N3CCN(c4ccccc4F)CC3)cc(C(=O)O)c2c1. The molecule has 4 rings (SSSR count). The number of nitrogens with zero attached hydrogens (tertiary/aromatic N) is 3. The lowest BCUT2D eigenvalue weighted by Crippen LogP contribution is -2.47. The normalized spacial score (nSPS) is 14.1. The van der Waals surface area contributed by atoms with Gasteiger partial charge >= 0.3 is 5.97 Å². The molecule has 154 valence electrons. The standard InChI is InChI=1S/C22H21FN4O3/c1-14(28)24-15-6-7-19-16(12-15)17(22(29)30)13-21(25-19)27-10-8-26(9-11-27)20-5-3-2-4-18(20)23/h2-7,12-13H,8-11H2,1H3,(H,24,28)(H,29,30). The number of nitrogens with one attached hydrogen (secondary N) is 1. The van der Waals surface area contributed by atoms with Crippen LogP contribution in [-0.2, 0) is 4.79 Å². The third-order valence-electron chi connectivity index (χ3n) is 5.14. The van der Waals surface area contributed by atoms with Crippen molar-refractivity contribution >= 4 is 40.0 Å². The third kappa shape index (κ3) is 3.89. The number of pyridine rings is 1. The van der Waals surface area contributed by atoms with Crippen molar-refractivity contribution in [1.82, 2.24) is 4.98 Å². The van der Waals surface area contributed by atoms with Crippen molar-refractivity contribution in [3.63, 3.8) is 0 Å². The van der Waals surface area contributed by atoms with Crippen molar-refractivity contribution in [3.8, 4) is 0 Å². The minimum absolute atomic E-state index is 0.124. The smallest absolute Gasteiger partial charge is 0.336 e. The molecular weight excluding hydrogens is 387 g/mol. The molecule has 1 aromatic heterocycles. The number of aromatic nitrogens is 1. The van der Waals surface area contributed by atoms with E-state index >= 15 is 0 Å². The van der Waals surface area contributed by atoms with E-state index in [2.05, 4.69) is 10.3 Å². The lowest BCUT2D eigenvalue weighted by molar-refractivity contribution is -0.114. The molecule has 0 radical (unpaired) electrons. The summed E-state index contributed by atoms with van der Waals surface area (Å²) in [5.74, 6) is -0.976. The number of rotatable bonds is 4.